The zero-order valence-electron chi connectivity index (χ0n) is 18.7. The first-order valence-electron chi connectivity index (χ1n) is 10.9. The van der Waals surface area contributed by atoms with Crippen LogP contribution in [0.4, 0.5) is 8.78 Å². The maximum atomic E-state index is 14.9. The number of halogens is 2. The van der Waals surface area contributed by atoms with Gasteiger partial charge in [0.05, 0.1) is 24.8 Å². The minimum atomic E-state index is -1.37. The molecule has 0 radical (unpaired) electrons. The van der Waals surface area contributed by atoms with E-state index in [4.69, 9.17) is 4.74 Å². The lowest BCUT2D eigenvalue weighted by Gasteiger charge is -2.31. The fourth-order valence-electron chi connectivity index (χ4n) is 4.26. The monoisotopic (exact) mass is 463 g/mol. The second-order valence-electron chi connectivity index (χ2n) is 8.29. The Kier molecular flexibility index (Phi) is 5.49. The summed E-state index contributed by atoms with van der Waals surface area (Å²) in [6, 6.07) is 8.73. The summed E-state index contributed by atoms with van der Waals surface area (Å²) in [5.74, 6) is 0.394. The van der Waals surface area contributed by atoms with Crippen LogP contribution in [0.2, 0.25) is 0 Å². The number of fused-ring (bicyclic) bond motifs is 1. The molecule has 2 aromatic carbocycles. The van der Waals surface area contributed by atoms with Crippen LogP contribution in [0.25, 0.3) is 17.8 Å². The number of rotatable bonds is 5. The lowest BCUT2D eigenvalue weighted by atomic mass is 9.86. The highest BCUT2D eigenvalue weighted by atomic mass is 19.1. The maximum Gasteiger partial charge on any atom is 0.174 e. The van der Waals surface area contributed by atoms with Crippen LogP contribution in [0.5, 0.6) is 5.75 Å². The lowest BCUT2D eigenvalue weighted by molar-refractivity contribution is 0.0394. The smallest absolute Gasteiger partial charge is 0.174 e. The molecule has 0 unspecified atom stereocenters. The zero-order valence-corrected chi connectivity index (χ0v) is 18.7. The Balaban J connectivity index is 1.47. The molecule has 174 valence electrons. The molecule has 1 aliphatic heterocycles. The van der Waals surface area contributed by atoms with E-state index in [0.29, 0.717) is 53.6 Å². The van der Waals surface area contributed by atoms with E-state index in [2.05, 4.69) is 15.1 Å². The number of imidazole rings is 1. The number of methoxy groups -OCH3 is 1. The highest BCUT2D eigenvalue weighted by Crippen LogP contribution is 2.37. The molecule has 0 amide bonds. The minimum Gasteiger partial charge on any atom is -0.495 e. The summed E-state index contributed by atoms with van der Waals surface area (Å²) in [5, 5.41) is 15.8. The Morgan fingerprint density at radius 2 is 1.94 bits per heavy atom. The van der Waals surface area contributed by atoms with E-state index in [0.717, 1.165) is 5.69 Å². The SMILES string of the molecule is COc1cc(/C=C/c2nc3n(n2)CCC[C@@]3(O)c2ccc(F)cc2)c(F)cc1-n1cnc(C)c1. The summed E-state index contributed by atoms with van der Waals surface area (Å²) in [5.41, 5.74) is 0.835. The predicted octanol–water partition coefficient (Wildman–Crippen LogP) is 4.26. The molecular weight excluding hydrogens is 440 g/mol. The third kappa shape index (κ3) is 3.88. The van der Waals surface area contributed by atoms with Gasteiger partial charge in [-0.25, -0.2) is 23.4 Å². The Labute approximate surface area is 195 Å². The van der Waals surface area contributed by atoms with Crippen LogP contribution in [-0.4, -0.2) is 36.5 Å². The van der Waals surface area contributed by atoms with Crippen molar-refractivity contribution < 1.29 is 18.6 Å². The number of hydrogen-bond donors (Lipinski definition) is 1. The van der Waals surface area contributed by atoms with E-state index in [1.807, 2.05) is 6.92 Å². The summed E-state index contributed by atoms with van der Waals surface area (Å²) in [7, 11) is 1.52. The van der Waals surface area contributed by atoms with Gasteiger partial charge in [0.15, 0.2) is 11.6 Å². The van der Waals surface area contributed by atoms with Gasteiger partial charge < -0.3 is 14.4 Å². The van der Waals surface area contributed by atoms with E-state index in [1.54, 1.807) is 52.1 Å². The molecule has 0 saturated heterocycles. The molecule has 7 nitrogen and oxygen atoms in total. The number of nitrogens with zero attached hydrogens (tertiary/aromatic N) is 5. The Hall–Kier alpha value is -3.85. The van der Waals surface area contributed by atoms with Gasteiger partial charge in [0.2, 0.25) is 0 Å². The average molecular weight is 463 g/mol. The predicted molar refractivity (Wildman–Crippen MR) is 122 cm³/mol. The molecule has 5 rings (SSSR count). The summed E-state index contributed by atoms with van der Waals surface area (Å²) in [6.07, 6.45) is 7.68. The second-order valence-corrected chi connectivity index (χ2v) is 8.29. The number of aryl methyl sites for hydroxylation is 2. The third-order valence-electron chi connectivity index (χ3n) is 5.99. The quantitative estimate of drug-likeness (QED) is 0.479. The topological polar surface area (TPSA) is 78.0 Å². The average Bonchev–Trinajstić information content (AvgIpc) is 3.45. The highest BCUT2D eigenvalue weighted by Gasteiger charge is 2.39. The van der Waals surface area contributed by atoms with Crippen LogP contribution in [0.1, 0.15) is 41.3 Å². The molecule has 34 heavy (non-hydrogen) atoms. The van der Waals surface area contributed by atoms with Gasteiger partial charge >= 0.3 is 0 Å². The Morgan fingerprint density at radius 3 is 2.65 bits per heavy atom. The first-order chi connectivity index (χ1) is 16.4. The molecule has 0 saturated carbocycles. The van der Waals surface area contributed by atoms with Gasteiger partial charge in [0.1, 0.15) is 23.0 Å². The minimum absolute atomic E-state index is 0.305. The molecule has 0 spiro atoms. The second kappa shape index (κ2) is 8.49. The maximum absolute atomic E-state index is 14.9. The Morgan fingerprint density at radius 1 is 1.15 bits per heavy atom. The van der Waals surface area contributed by atoms with Crippen molar-refractivity contribution in [3.8, 4) is 11.4 Å². The van der Waals surface area contributed by atoms with Crippen molar-refractivity contribution in [1.82, 2.24) is 24.3 Å². The third-order valence-corrected chi connectivity index (χ3v) is 5.99. The van der Waals surface area contributed by atoms with Gasteiger partial charge in [-0.2, -0.15) is 5.10 Å². The van der Waals surface area contributed by atoms with E-state index < -0.39 is 11.4 Å². The summed E-state index contributed by atoms with van der Waals surface area (Å²) in [6.45, 7) is 2.45. The van der Waals surface area contributed by atoms with E-state index in [1.165, 1.54) is 25.3 Å². The Bertz CT molecular complexity index is 1380. The molecule has 1 aliphatic rings. The van der Waals surface area contributed by atoms with Gasteiger partial charge in [0, 0.05) is 24.4 Å². The van der Waals surface area contributed by atoms with Crippen molar-refractivity contribution >= 4 is 12.2 Å². The molecular formula is C25H23F2N5O2. The molecule has 2 aromatic heterocycles. The summed E-state index contributed by atoms with van der Waals surface area (Å²) < 4.78 is 37.1. The number of aliphatic hydroxyl groups is 1. The fourth-order valence-corrected chi connectivity index (χ4v) is 4.26. The van der Waals surface area contributed by atoms with Crippen molar-refractivity contribution in [3.63, 3.8) is 0 Å². The van der Waals surface area contributed by atoms with Crippen LogP contribution < -0.4 is 4.74 Å². The van der Waals surface area contributed by atoms with Crippen molar-refractivity contribution in [1.29, 1.82) is 0 Å². The van der Waals surface area contributed by atoms with Crippen LogP contribution in [0.3, 0.4) is 0 Å². The molecule has 4 aromatic rings. The first-order valence-corrected chi connectivity index (χ1v) is 10.9. The summed E-state index contributed by atoms with van der Waals surface area (Å²) in [4.78, 5) is 8.69. The van der Waals surface area contributed by atoms with Gasteiger partial charge in [0.25, 0.3) is 0 Å². The number of hydrogen-bond acceptors (Lipinski definition) is 5. The molecule has 1 N–H and O–H groups in total. The van der Waals surface area contributed by atoms with Gasteiger partial charge in [-0.3, -0.25) is 0 Å². The normalized spacial score (nSPS) is 17.8. The molecule has 1 atom stereocenters. The van der Waals surface area contributed by atoms with E-state index >= 15 is 0 Å². The van der Waals surface area contributed by atoms with Crippen LogP contribution >= 0.6 is 0 Å². The van der Waals surface area contributed by atoms with Crippen molar-refractivity contribution in [2.45, 2.75) is 31.9 Å². The van der Waals surface area contributed by atoms with Gasteiger partial charge in [-0.1, -0.05) is 12.1 Å². The van der Waals surface area contributed by atoms with Crippen molar-refractivity contribution in [2.75, 3.05) is 7.11 Å². The zero-order chi connectivity index (χ0) is 23.9. The standard InChI is InChI=1S/C25H23F2N5O2/c1-16-14-31(15-28-16)21-13-20(27)17(12-22(21)34-2)4-9-23-29-24-25(33,10-3-11-32(24)30-23)18-5-7-19(26)8-6-18/h4-9,12-15,33H,3,10-11H2,1-2H3/b9-4+/t25-/m1/s1. The van der Waals surface area contributed by atoms with Crippen LogP contribution in [0.15, 0.2) is 48.9 Å². The number of aromatic nitrogens is 5. The summed E-state index contributed by atoms with van der Waals surface area (Å²) >= 11 is 0. The first kappa shape index (κ1) is 22.0. The lowest BCUT2D eigenvalue weighted by Crippen LogP contribution is -2.35. The van der Waals surface area contributed by atoms with E-state index in [-0.39, 0.29) is 5.82 Å². The largest absolute Gasteiger partial charge is 0.495 e. The fraction of sp³-hybridized carbons (Fsp3) is 0.240. The number of benzene rings is 2. The molecule has 9 heteroatoms. The van der Waals surface area contributed by atoms with Gasteiger partial charge in [-0.15, -0.1) is 0 Å². The van der Waals surface area contributed by atoms with Gasteiger partial charge in [-0.05, 0) is 55.7 Å². The van der Waals surface area contributed by atoms with Crippen molar-refractivity contribution in [2.24, 2.45) is 0 Å². The van der Waals surface area contributed by atoms with Crippen LogP contribution in [0, 0.1) is 18.6 Å². The number of ether oxygens (including phenoxy) is 1. The highest BCUT2D eigenvalue weighted by molar-refractivity contribution is 5.69. The van der Waals surface area contributed by atoms with Crippen molar-refractivity contribution in [3.05, 3.63) is 89.0 Å². The van der Waals surface area contributed by atoms with E-state index in [9.17, 15) is 13.9 Å². The molecule has 3 heterocycles. The molecule has 0 bridgehead atoms. The van der Waals surface area contributed by atoms with Crippen LogP contribution in [-0.2, 0) is 12.1 Å². The molecule has 0 aliphatic carbocycles. The molecule has 0 fully saturated rings.